The van der Waals surface area contributed by atoms with Crippen LogP contribution in [0, 0.1) is 5.82 Å². The van der Waals surface area contributed by atoms with Crippen molar-refractivity contribution in [3.63, 3.8) is 0 Å². The van der Waals surface area contributed by atoms with E-state index >= 15 is 0 Å². The number of anilines is 1. The molecular weight excluding hydrogens is 372 g/mol. The van der Waals surface area contributed by atoms with Gasteiger partial charge in [-0.3, -0.25) is 4.79 Å². The van der Waals surface area contributed by atoms with Crippen LogP contribution in [0.1, 0.15) is 10.4 Å². The lowest BCUT2D eigenvalue weighted by molar-refractivity contribution is 0.0936. The van der Waals surface area contributed by atoms with Gasteiger partial charge in [-0.05, 0) is 48.6 Å². The summed E-state index contributed by atoms with van der Waals surface area (Å²) in [6.45, 7) is 0. The van der Waals surface area contributed by atoms with Crippen molar-refractivity contribution in [2.75, 3.05) is 5.32 Å². The van der Waals surface area contributed by atoms with Gasteiger partial charge in [0.1, 0.15) is 16.8 Å². The molecule has 0 aliphatic carbocycles. The number of hydrogen-bond donors (Lipinski definition) is 3. The van der Waals surface area contributed by atoms with Crippen LogP contribution in [0.2, 0.25) is 0 Å². The van der Waals surface area contributed by atoms with Crippen molar-refractivity contribution in [2.45, 2.75) is 11.0 Å². The molecule has 4 nitrogen and oxygen atoms in total. The molecule has 126 valence electrons. The predicted octanol–water partition coefficient (Wildman–Crippen LogP) is 3.67. The second-order valence-corrected chi connectivity index (χ2v) is 6.33. The molecular formula is C16H14Cl2FN3OS. The minimum absolute atomic E-state index is 0.186. The Labute approximate surface area is 154 Å². The lowest BCUT2D eigenvalue weighted by Crippen LogP contribution is -2.52. The number of hydrogen-bond acceptors (Lipinski definition) is 2. The monoisotopic (exact) mass is 385 g/mol. The topological polar surface area (TPSA) is 53.2 Å². The summed E-state index contributed by atoms with van der Waals surface area (Å²) >= 11 is 16.9. The molecule has 0 saturated carbocycles. The molecule has 0 spiro atoms. The highest BCUT2D eigenvalue weighted by Gasteiger charge is 2.21. The average molecular weight is 386 g/mol. The minimum atomic E-state index is -0.939. The van der Waals surface area contributed by atoms with Gasteiger partial charge in [0.05, 0.1) is 0 Å². The van der Waals surface area contributed by atoms with E-state index in [-0.39, 0.29) is 16.8 Å². The highest BCUT2D eigenvalue weighted by Crippen LogP contribution is 2.10. The van der Waals surface area contributed by atoms with E-state index in [1.54, 1.807) is 30.3 Å². The minimum Gasteiger partial charge on any atom is -0.340 e. The van der Waals surface area contributed by atoms with Gasteiger partial charge >= 0.3 is 0 Å². The van der Waals surface area contributed by atoms with Crippen LogP contribution in [-0.2, 0) is 0 Å². The maximum Gasteiger partial charge on any atom is 0.252 e. The zero-order chi connectivity index (χ0) is 17.5. The first-order valence-corrected chi connectivity index (χ1v) is 8.21. The SMILES string of the molecule is O=C(NC(NC(=S)Nc1ccc(F)cc1)C(Cl)Cl)c1ccccc1. The number of carbonyl (C=O) groups excluding carboxylic acids is 1. The molecule has 0 fully saturated rings. The molecule has 2 rings (SSSR count). The van der Waals surface area contributed by atoms with Gasteiger partial charge in [0.15, 0.2) is 5.11 Å². The first kappa shape index (κ1) is 18.4. The van der Waals surface area contributed by atoms with Crippen molar-refractivity contribution >= 4 is 52.1 Å². The van der Waals surface area contributed by atoms with Gasteiger partial charge in [-0.2, -0.15) is 0 Å². The van der Waals surface area contributed by atoms with E-state index in [1.807, 2.05) is 0 Å². The van der Waals surface area contributed by atoms with E-state index in [2.05, 4.69) is 16.0 Å². The van der Waals surface area contributed by atoms with E-state index in [4.69, 9.17) is 35.4 Å². The Morgan fingerprint density at radius 3 is 2.21 bits per heavy atom. The molecule has 3 N–H and O–H groups in total. The summed E-state index contributed by atoms with van der Waals surface area (Å²) in [6.07, 6.45) is -0.804. The van der Waals surface area contributed by atoms with Gasteiger partial charge in [0.25, 0.3) is 5.91 Å². The van der Waals surface area contributed by atoms with E-state index in [1.165, 1.54) is 24.3 Å². The standard InChI is InChI=1S/C16H14Cl2FN3OS/c17-13(18)14(21-15(23)10-4-2-1-3-5-10)22-16(24)20-12-8-6-11(19)7-9-12/h1-9,13-14H,(H,21,23)(H2,20,22,24). The third-order valence-corrected chi connectivity index (χ3v) is 3.69. The third kappa shape index (κ3) is 5.63. The van der Waals surface area contributed by atoms with Crippen LogP contribution in [0.3, 0.4) is 0 Å². The highest BCUT2D eigenvalue weighted by atomic mass is 35.5. The Hall–Kier alpha value is -1.89. The molecule has 24 heavy (non-hydrogen) atoms. The van der Waals surface area contributed by atoms with Crippen molar-refractivity contribution < 1.29 is 9.18 Å². The van der Waals surface area contributed by atoms with Crippen molar-refractivity contribution in [1.82, 2.24) is 10.6 Å². The van der Waals surface area contributed by atoms with Crippen LogP contribution in [0.5, 0.6) is 0 Å². The van der Waals surface area contributed by atoms with Crippen LogP contribution in [0.25, 0.3) is 0 Å². The Morgan fingerprint density at radius 1 is 1.00 bits per heavy atom. The molecule has 0 aliphatic heterocycles. The maximum absolute atomic E-state index is 12.9. The third-order valence-electron chi connectivity index (χ3n) is 2.96. The zero-order valence-corrected chi connectivity index (χ0v) is 14.6. The van der Waals surface area contributed by atoms with Gasteiger partial charge in [-0.25, -0.2) is 4.39 Å². The first-order valence-electron chi connectivity index (χ1n) is 6.93. The van der Waals surface area contributed by atoms with Crippen molar-refractivity contribution in [3.8, 4) is 0 Å². The summed E-state index contributed by atoms with van der Waals surface area (Å²) in [7, 11) is 0. The predicted molar refractivity (Wildman–Crippen MR) is 98.9 cm³/mol. The van der Waals surface area contributed by atoms with Gasteiger partial charge in [-0.1, -0.05) is 18.2 Å². The smallest absolute Gasteiger partial charge is 0.252 e. The molecule has 0 bridgehead atoms. The van der Waals surface area contributed by atoms with Crippen molar-refractivity contribution in [2.24, 2.45) is 0 Å². The van der Waals surface area contributed by atoms with E-state index in [0.29, 0.717) is 11.3 Å². The average Bonchev–Trinajstić information content (AvgIpc) is 2.57. The Kier molecular flexibility index (Phi) is 6.78. The molecule has 0 aromatic heterocycles. The van der Waals surface area contributed by atoms with Crippen molar-refractivity contribution in [3.05, 3.63) is 66.0 Å². The van der Waals surface area contributed by atoms with Gasteiger partial charge in [0, 0.05) is 11.3 Å². The van der Waals surface area contributed by atoms with E-state index in [0.717, 1.165) is 0 Å². The number of alkyl halides is 2. The van der Waals surface area contributed by atoms with Crippen LogP contribution in [0.4, 0.5) is 10.1 Å². The van der Waals surface area contributed by atoms with Crippen LogP contribution < -0.4 is 16.0 Å². The molecule has 1 amide bonds. The lowest BCUT2D eigenvalue weighted by atomic mass is 10.2. The fraction of sp³-hybridized carbons (Fsp3) is 0.125. The maximum atomic E-state index is 12.9. The molecule has 1 atom stereocenters. The quantitative estimate of drug-likeness (QED) is 0.417. The van der Waals surface area contributed by atoms with E-state index < -0.39 is 11.0 Å². The van der Waals surface area contributed by atoms with Gasteiger partial charge < -0.3 is 16.0 Å². The zero-order valence-electron chi connectivity index (χ0n) is 12.3. The van der Waals surface area contributed by atoms with Crippen molar-refractivity contribution in [1.29, 1.82) is 0 Å². The Bertz CT molecular complexity index is 698. The summed E-state index contributed by atoms with van der Waals surface area (Å²) in [5.41, 5.74) is 1.05. The molecule has 2 aromatic carbocycles. The normalized spacial score (nSPS) is 11.7. The summed E-state index contributed by atoms with van der Waals surface area (Å²) < 4.78 is 12.9. The second-order valence-electron chi connectivity index (χ2n) is 4.76. The molecule has 1 unspecified atom stereocenters. The number of carbonyl (C=O) groups is 1. The number of halogens is 3. The Morgan fingerprint density at radius 2 is 1.62 bits per heavy atom. The van der Waals surface area contributed by atoms with Crippen LogP contribution >= 0.6 is 35.4 Å². The fourth-order valence-corrected chi connectivity index (χ4v) is 2.31. The number of amides is 1. The molecule has 0 saturated heterocycles. The van der Waals surface area contributed by atoms with Gasteiger partial charge in [0.2, 0.25) is 0 Å². The molecule has 8 heteroatoms. The summed E-state index contributed by atoms with van der Waals surface area (Å²) in [6, 6.07) is 14.3. The Balaban J connectivity index is 1.96. The first-order chi connectivity index (χ1) is 11.5. The molecule has 0 radical (unpaired) electrons. The van der Waals surface area contributed by atoms with E-state index in [9.17, 15) is 9.18 Å². The number of thiocarbonyl (C=S) groups is 1. The second kappa shape index (κ2) is 8.82. The summed E-state index contributed by atoms with van der Waals surface area (Å²) in [4.78, 5) is 11.2. The number of nitrogens with one attached hydrogen (secondary N) is 3. The van der Waals surface area contributed by atoms with Crippen LogP contribution in [0.15, 0.2) is 54.6 Å². The number of benzene rings is 2. The largest absolute Gasteiger partial charge is 0.340 e. The summed E-state index contributed by atoms with van der Waals surface area (Å²) in [5.74, 6) is -0.696. The molecule has 2 aromatic rings. The molecule has 0 heterocycles. The highest BCUT2D eigenvalue weighted by molar-refractivity contribution is 7.80. The summed E-state index contributed by atoms with van der Waals surface area (Å²) in [5, 5.41) is 8.51. The van der Waals surface area contributed by atoms with Crippen LogP contribution in [-0.4, -0.2) is 22.0 Å². The molecule has 0 aliphatic rings. The fourth-order valence-electron chi connectivity index (χ4n) is 1.82. The number of rotatable bonds is 5. The lowest BCUT2D eigenvalue weighted by Gasteiger charge is -2.23. The van der Waals surface area contributed by atoms with Gasteiger partial charge in [-0.15, -0.1) is 23.2 Å².